The molecule has 20 heavy (non-hydrogen) atoms. The second kappa shape index (κ2) is 13.1. The Bertz CT molecular complexity index is 281. The van der Waals surface area contributed by atoms with Gasteiger partial charge < -0.3 is 32.5 Å². The van der Waals surface area contributed by atoms with Crippen molar-refractivity contribution < 1.29 is 24.9 Å². The molecule has 0 saturated carbocycles. The number of carboxylic acid groups (broad SMARTS) is 2. The van der Waals surface area contributed by atoms with Gasteiger partial charge >= 0.3 is 11.9 Å². The zero-order valence-corrected chi connectivity index (χ0v) is 12.4. The second-order valence-electron chi connectivity index (χ2n) is 4.14. The van der Waals surface area contributed by atoms with Gasteiger partial charge in [0.2, 0.25) is 0 Å². The molecule has 0 amide bonds. The van der Waals surface area contributed by atoms with E-state index >= 15 is 0 Å². The molecular weight excluding hydrogens is 286 g/mol. The summed E-state index contributed by atoms with van der Waals surface area (Å²) in [6.45, 7) is 0.145. The molecule has 0 radical (unpaired) electrons. The van der Waals surface area contributed by atoms with Gasteiger partial charge in [-0.3, -0.25) is 9.59 Å². The number of thioether (sulfide) groups is 1. The maximum Gasteiger partial charge on any atom is 0.320 e. The average molecular weight is 311 g/mol. The summed E-state index contributed by atoms with van der Waals surface area (Å²) in [7, 11) is 0. The minimum atomic E-state index is -1.05. The van der Waals surface area contributed by atoms with E-state index in [1.54, 1.807) is 11.8 Å². The molecule has 0 bridgehead atoms. The van der Waals surface area contributed by atoms with Crippen LogP contribution in [0.25, 0.3) is 0 Å². The van der Waals surface area contributed by atoms with Crippen LogP contribution in [-0.2, 0) is 9.59 Å². The van der Waals surface area contributed by atoms with Crippen molar-refractivity contribution in [3.8, 4) is 0 Å². The summed E-state index contributed by atoms with van der Waals surface area (Å²) in [4.78, 5) is 20.2. The zero-order valence-electron chi connectivity index (χ0n) is 11.6. The van der Waals surface area contributed by atoms with Crippen molar-refractivity contribution in [1.82, 2.24) is 0 Å². The summed E-state index contributed by atoms with van der Waals surface area (Å²) in [5, 5.41) is 25.5. The van der Waals surface area contributed by atoms with Crippen molar-refractivity contribution >= 4 is 23.7 Å². The molecule has 0 aliphatic carbocycles. The highest BCUT2D eigenvalue weighted by Gasteiger charge is 2.12. The minimum absolute atomic E-state index is 0.145. The topological polar surface area (TPSA) is 173 Å². The van der Waals surface area contributed by atoms with Gasteiger partial charge in [0.05, 0.1) is 6.10 Å². The standard InChI is InChI=1S/C6H14N2O3.C5H11NO2S/c7-3-4(9)1-2-5(8)6(10)11;1-9-3-2-4(6)5(7)8/h4-5,9H,1-3,7-8H2,(H,10,11);4H,2-3,6H2,1H3,(H,7,8). The number of rotatable bonds is 9. The van der Waals surface area contributed by atoms with E-state index in [1.165, 1.54) is 0 Å². The smallest absolute Gasteiger partial charge is 0.320 e. The van der Waals surface area contributed by atoms with Gasteiger partial charge in [0.15, 0.2) is 0 Å². The Morgan fingerprint density at radius 2 is 1.50 bits per heavy atom. The Labute approximate surface area is 122 Å². The Morgan fingerprint density at radius 1 is 1.05 bits per heavy atom. The maximum atomic E-state index is 10.2. The van der Waals surface area contributed by atoms with E-state index in [9.17, 15) is 9.59 Å². The Morgan fingerprint density at radius 3 is 1.85 bits per heavy atom. The van der Waals surface area contributed by atoms with Crippen molar-refractivity contribution in [3.63, 3.8) is 0 Å². The molecule has 120 valence electrons. The number of hydrogen-bond acceptors (Lipinski definition) is 7. The second-order valence-corrected chi connectivity index (χ2v) is 5.12. The Kier molecular flexibility index (Phi) is 14.1. The third kappa shape index (κ3) is 13.6. The van der Waals surface area contributed by atoms with Gasteiger partial charge in [-0.2, -0.15) is 11.8 Å². The van der Waals surface area contributed by atoms with Crippen LogP contribution in [0.5, 0.6) is 0 Å². The Hall–Kier alpha value is -0.870. The first kappa shape index (κ1) is 21.4. The van der Waals surface area contributed by atoms with Crippen molar-refractivity contribution in [2.24, 2.45) is 17.2 Å². The molecule has 3 atom stereocenters. The van der Waals surface area contributed by atoms with Gasteiger partial charge in [-0.05, 0) is 31.3 Å². The largest absolute Gasteiger partial charge is 0.480 e. The third-order valence-corrected chi connectivity index (χ3v) is 2.99. The van der Waals surface area contributed by atoms with Crippen molar-refractivity contribution in [3.05, 3.63) is 0 Å². The van der Waals surface area contributed by atoms with E-state index in [0.29, 0.717) is 12.8 Å². The van der Waals surface area contributed by atoms with E-state index in [4.69, 9.17) is 32.5 Å². The molecule has 0 spiro atoms. The van der Waals surface area contributed by atoms with E-state index in [2.05, 4.69) is 0 Å². The molecule has 0 aromatic heterocycles. The monoisotopic (exact) mass is 311 g/mol. The van der Waals surface area contributed by atoms with Crippen LogP contribution in [0.3, 0.4) is 0 Å². The summed E-state index contributed by atoms with van der Waals surface area (Å²) in [6.07, 6.45) is 2.43. The zero-order chi connectivity index (χ0) is 16.1. The first-order chi connectivity index (χ1) is 9.26. The lowest BCUT2D eigenvalue weighted by atomic mass is 10.1. The average Bonchev–Trinajstić information content (AvgIpc) is 2.41. The summed E-state index contributed by atoms with van der Waals surface area (Å²) < 4.78 is 0. The first-order valence-corrected chi connectivity index (χ1v) is 7.49. The highest BCUT2D eigenvalue weighted by Crippen LogP contribution is 1.98. The van der Waals surface area contributed by atoms with E-state index in [1.807, 2.05) is 6.26 Å². The van der Waals surface area contributed by atoms with Gasteiger partial charge in [0.25, 0.3) is 0 Å². The highest BCUT2D eigenvalue weighted by molar-refractivity contribution is 7.98. The fraction of sp³-hybridized carbons (Fsp3) is 0.818. The SMILES string of the molecule is CSCCC(N)C(=O)O.NCC(O)CCC(N)C(=O)O. The molecule has 0 heterocycles. The fourth-order valence-electron chi connectivity index (χ4n) is 0.982. The van der Waals surface area contributed by atoms with Crippen LogP contribution in [0, 0.1) is 0 Å². The Balaban J connectivity index is 0. The molecule has 3 unspecified atom stereocenters. The predicted molar refractivity (Wildman–Crippen MR) is 78.5 cm³/mol. The van der Waals surface area contributed by atoms with Crippen LogP contribution in [0.2, 0.25) is 0 Å². The molecular formula is C11H25N3O5S. The lowest BCUT2D eigenvalue weighted by molar-refractivity contribution is -0.139. The molecule has 0 aliphatic heterocycles. The van der Waals surface area contributed by atoms with Gasteiger partial charge in [-0.25, -0.2) is 0 Å². The quantitative estimate of drug-likeness (QED) is 0.301. The van der Waals surface area contributed by atoms with Crippen LogP contribution in [0.4, 0.5) is 0 Å². The molecule has 9 N–H and O–H groups in total. The number of nitrogens with two attached hydrogens (primary N) is 3. The summed E-state index contributed by atoms with van der Waals surface area (Å²) >= 11 is 1.60. The van der Waals surface area contributed by atoms with Crippen molar-refractivity contribution in [2.75, 3.05) is 18.6 Å². The van der Waals surface area contributed by atoms with Crippen LogP contribution in [0.1, 0.15) is 19.3 Å². The molecule has 9 heteroatoms. The number of aliphatic carboxylic acids is 2. The lowest BCUT2D eigenvalue weighted by Crippen LogP contribution is -2.32. The molecule has 0 aromatic rings. The number of aliphatic hydroxyl groups is 1. The number of carboxylic acids is 2. The van der Waals surface area contributed by atoms with Gasteiger partial charge in [0.1, 0.15) is 12.1 Å². The van der Waals surface area contributed by atoms with Crippen LogP contribution >= 0.6 is 11.8 Å². The van der Waals surface area contributed by atoms with Crippen molar-refractivity contribution in [1.29, 1.82) is 0 Å². The van der Waals surface area contributed by atoms with Gasteiger partial charge in [-0.15, -0.1) is 0 Å². The van der Waals surface area contributed by atoms with Gasteiger partial charge in [-0.1, -0.05) is 0 Å². The molecule has 0 aliphatic rings. The van der Waals surface area contributed by atoms with E-state index < -0.39 is 30.1 Å². The van der Waals surface area contributed by atoms with Gasteiger partial charge in [0, 0.05) is 6.54 Å². The summed E-state index contributed by atoms with van der Waals surface area (Å²) in [5.74, 6) is -1.15. The highest BCUT2D eigenvalue weighted by atomic mass is 32.2. The van der Waals surface area contributed by atoms with Crippen LogP contribution in [-0.4, -0.2) is 64.0 Å². The minimum Gasteiger partial charge on any atom is -0.480 e. The third-order valence-electron chi connectivity index (χ3n) is 2.35. The van der Waals surface area contributed by atoms with Crippen molar-refractivity contribution in [2.45, 2.75) is 37.5 Å². The fourth-order valence-corrected chi connectivity index (χ4v) is 1.47. The van der Waals surface area contributed by atoms with E-state index in [0.717, 1.165) is 5.75 Å². The molecule has 0 aromatic carbocycles. The predicted octanol–water partition coefficient (Wildman–Crippen LogP) is -1.35. The summed E-state index contributed by atoms with van der Waals surface area (Å²) in [5.41, 5.74) is 15.5. The maximum absolute atomic E-state index is 10.2. The summed E-state index contributed by atoms with van der Waals surface area (Å²) in [6, 6.07) is -1.58. The van der Waals surface area contributed by atoms with Crippen LogP contribution in [0.15, 0.2) is 0 Å². The number of carbonyl (C=O) groups is 2. The molecule has 0 saturated heterocycles. The van der Waals surface area contributed by atoms with Crippen LogP contribution < -0.4 is 17.2 Å². The molecule has 0 fully saturated rings. The lowest BCUT2D eigenvalue weighted by Gasteiger charge is -2.09. The molecule has 0 rings (SSSR count). The first-order valence-electron chi connectivity index (χ1n) is 6.10. The molecule has 8 nitrogen and oxygen atoms in total. The van der Waals surface area contributed by atoms with E-state index in [-0.39, 0.29) is 13.0 Å². The number of hydrogen-bond donors (Lipinski definition) is 6. The number of aliphatic hydroxyl groups excluding tert-OH is 1. The normalized spacial score (nSPS) is 14.7.